The topological polar surface area (TPSA) is 78.5 Å². The van der Waals surface area contributed by atoms with Crippen LogP contribution in [0.5, 0.6) is 0 Å². The van der Waals surface area contributed by atoms with Gasteiger partial charge in [0.15, 0.2) is 0 Å². The summed E-state index contributed by atoms with van der Waals surface area (Å²) in [5, 5.41) is 13.3. The number of carboxylic acids is 1. The minimum absolute atomic E-state index is 0.113. The Hall–Kier alpha value is -1.26. The summed E-state index contributed by atoms with van der Waals surface area (Å²) < 4.78 is 5.08. The summed E-state index contributed by atoms with van der Waals surface area (Å²) in [6, 6.07) is -0.113. The molecule has 0 aromatic heterocycles. The van der Waals surface area contributed by atoms with Crippen LogP contribution in [0.15, 0.2) is 0 Å². The van der Waals surface area contributed by atoms with E-state index in [4.69, 9.17) is 4.74 Å². The Morgan fingerprint density at radius 1 is 1.31 bits per heavy atom. The first-order chi connectivity index (χ1) is 7.28. The van der Waals surface area contributed by atoms with Gasteiger partial charge in [0, 0.05) is 17.9 Å². The van der Waals surface area contributed by atoms with Gasteiger partial charge in [-0.1, -0.05) is 0 Å². The quantitative estimate of drug-likeness (QED) is 0.743. The Morgan fingerprint density at radius 3 is 2.38 bits per heavy atom. The van der Waals surface area contributed by atoms with Crippen LogP contribution in [-0.4, -0.2) is 23.7 Å². The summed E-state index contributed by atoms with van der Waals surface area (Å²) in [6.45, 7) is 5.35. The first-order valence-corrected chi connectivity index (χ1v) is 5.48. The fourth-order valence-electron chi connectivity index (χ4n) is 1.80. The van der Waals surface area contributed by atoms with Crippen LogP contribution >= 0.6 is 0 Å². The molecule has 0 aromatic rings. The number of nitrogens with one attached hydrogen (secondary N) is 1. The molecule has 92 valence electrons. The number of carbonyl (C=O) groups is 2. The molecule has 1 saturated carbocycles. The summed E-state index contributed by atoms with van der Waals surface area (Å²) in [5.74, 6) is -1.48. The van der Waals surface area contributed by atoms with E-state index in [9.17, 15) is 14.7 Å². The van der Waals surface area contributed by atoms with E-state index in [1.165, 1.54) is 0 Å². The van der Waals surface area contributed by atoms with E-state index >= 15 is 0 Å². The van der Waals surface area contributed by atoms with Gasteiger partial charge in [0.1, 0.15) is 5.60 Å². The zero-order valence-electron chi connectivity index (χ0n) is 9.91. The van der Waals surface area contributed by atoms with Gasteiger partial charge in [-0.25, -0.2) is 4.79 Å². The highest BCUT2D eigenvalue weighted by Gasteiger charge is 2.28. The molecule has 1 rings (SSSR count). The molecule has 1 fully saturated rings. The number of amides is 1. The second-order valence-corrected chi connectivity index (χ2v) is 5.17. The monoisotopic (exact) mass is 228 g/mol. The first kappa shape index (κ1) is 12.8. The van der Waals surface area contributed by atoms with Crippen LogP contribution in [0.4, 0.5) is 4.79 Å². The molecule has 0 aromatic carbocycles. The number of rotatable bonds is 2. The number of alkyl carbamates (subject to hydrolysis) is 1. The van der Waals surface area contributed by atoms with E-state index in [-0.39, 0.29) is 6.04 Å². The SMILES string of the molecule is CC(C)(C)OC(=O)N[C@@H]1CC[C@@H](C(=O)[O-])C1. The van der Waals surface area contributed by atoms with Crippen molar-refractivity contribution in [3.8, 4) is 0 Å². The number of ether oxygens (including phenoxy) is 1. The average molecular weight is 228 g/mol. The van der Waals surface area contributed by atoms with Gasteiger partial charge in [0.05, 0.1) is 0 Å². The number of hydrogen-bond donors (Lipinski definition) is 1. The zero-order chi connectivity index (χ0) is 12.3. The van der Waals surface area contributed by atoms with Crippen molar-refractivity contribution in [2.75, 3.05) is 0 Å². The number of aliphatic carboxylic acids is 1. The Kier molecular flexibility index (Phi) is 3.78. The molecule has 5 heteroatoms. The van der Waals surface area contributed by atoms with Gasteiger partial charge in [-0.2, -0.15) is 0 Å². The molecular formula is C11H18NO4-. The fourth-order valence-corrected chi connectivity index (χ4v) is 1.80. The number of carbonyl (C=O) groups excluding carboxylic acids is 2. The maximum atomic E-state index is 11.4. The Balaban J connectivity index is 2.34. The smallest absolute Gasteiger partial charge is 0.407 e. The van der Waals surface area contributed by atoms with E-state index in [1.807, 2.05) is 0 Å². The van der Waals surface area contributed by atoms with Crippen molar-refractivity contribution < 1.29 is 19.4 Å². The van der Waals surface area contributed by atoms with Crippen molar-refractivity contribution >= 4 is 12.1 Å². The van der Waals surface area contributed by atoms with Crippen LogP contribution in [-0.2, 0) is 9.53 Å². The molecule has 2 atom stereocenters. The predicted molar refractivity (Wildman–Crippen MR) is 55.5 cm³/mol. The molecule has 0 heterocycles. The zero-order valence-corrected chi connectivity index (χ0v) is 9.91. The van der Waals surface area contributed by atoms with Gasteiger partial charge >= 0.3 is 6.09 Å². The summed E-state index contributed by atoms with van der Waals surface area (Å²) in [6.07, 6.45) is 1.17. The molecule has 5 nitrogen and oxygen atoms in total. The molecule has 1 aliphatic rings. The van der Waals surface area contributed by atoms with Crippen molar-refractivity contribution in [1.29, 1.82) is 0 Å². The van der Waals surface area contributed by atoms with Gasteiger partial charge in [0.25, 0.3) is 0 Å². The van der Waals surface area contributed by atoms with Crippen LogP contribution in [0, 0.1) is 5.92 Å². The minimum Gasteiger partial charge on any atom is -0.550 e. The third kappa shape index (κ3) is 4.08. The molecule has 0 radical (unpaired) electrons. The van der Waals surface area contributed by atoms with Crippen LogP contribution in [0.3, 0.4) is 0 Å². The van der Waals surface area contributed by atoms with Crippen molar-refractivity contribution in [1.82, 2.24) is 5.32 Å². The van der Waals surface area contributed by atoms with Gasteiger partial charge in [0.2, 0.25) is 0 Å². The molecule has 0 bridgehead atoms. The first-order valence-electron chi connectivity index (χ1n) is 5.48. The molecule has 0 unspecified atom stereocenters. The van der Waals surface area contributed by atoms with Gasteiger partial charge in [-0.3, -0.25) is 0 Å². The second kappa shape index (κ2) is 4.72. The lowest BCUT2D eigenvalue weighted by molar-refractivity contribution is -0.311. The third-order valence-electron chi connectivity index (χ3n) is 2.49. The van der Waals surface area contributed by atoms with E-state index in [2.05, 4.69) is 5.32 Å². The maximum Gasteiger partial charge on any atom is 0.407 e. The normalized spacial score (nSPS) is 25.2. The van der Waals surface area contributed by atoms with Crippen molar-refractivity contribution in [3.05, 3.63) is 0 Å². The highest BCUT2D eigenvalue weighted by atomic mass is 16.6. The largest absolute Gasteiger partial charge is 0.550 e. The van der Waals surface area contributed by atoms with E-state index < -0.39 is 23.6 Å². The van der Waals surface area contributed by atoms with Crippen molar-refractivity contribution in [2.45, 2.75) is 51.7 Å². The number of carboxylic acid groups (broad SMARTS) is 1. The lowest BCUT2D eigenvalue weighted by Crippen LogP contribution is -2.38. The minimum atomic E-state index is -1.03. The Bertz CT molecular complexity index is 282. The van der Waals surface area contributed by atoms with Crippen LogP contribution in [0.1, 0.15) is 40.0 Å². The summed E-state index contributed by atoms with van der Waals surface area (Å²) in [4.78, 5) is 22.0. The maximum absolute atomic E-state index is 11.4. The van der Waals surface area contributed by atoms with Gasteiger partial charge < -0.3 is 20.0 Å². The summed E-state index contributed by atoms with van der Waals surface area (Å²) in [5.41, 5.74) is -0.531. The highest BCUT2D eigenvalue weighted by Crippen LogP contribution is 2.25. The lowest BCUT2D eigenvalue weighted by Gasteiger charge is -2.21. The molecule has 1 aliphatic carbocycles. The highest BCUT2D eigenvalue weighted by molar-refractivity contribution is 5.70. The van der Waals surface area contributed by atoms with Crippen LogP contribution in [0.25, 0.3) is 0 Å². The second-order valence-electron chi connectivity index (χ2n) is 5.17. The molecule has 0 spiro atoms. The van der Waals surface area contributed by atoms with Gasteiger partial charge in [-0.15, -0.1) is 0 Å². The predicted octanol–water partition coefficient (Wildman–Crippen LogP) is 0.430. The molecule has 0 saturated heterocycles. The van der Waals surface area contributed by atoms with Crippen molar-refractivity contribution in [3.63, 3.8) is 0 Å². The van der Waals surface area contributed by atoms with E-state index in [1.54, 1.807) is 20.8 Å². The third-order valence-corrected chi connectivity index (χ3v) is 2.49. The standard InChI is InChI=1S/C11H19NO4/c1-11(2,3)16-10(15)12-8-5-4-7(6-8)9(13)14/h7-8H,4-6H2,1-3H3,(H,12,15)(H,13,14)/p-1/t7-,8-/m1/s1. The molecule has 1 amide bonds. The Labute approximate surface area is 95.2 Å². The van der Waals surface area contributed by atoms with Gasteiger partial charge in [-0.05, 0) is 40.0 Å². The summed E-state index contributed by atoms with van der Waals surface area (Å²) in [7, 11) is 0. The lowest BCUT2D eigenvalue weighted by atomic mass is 10.1. The Morgan fingerprint density at radius 2 is 1.94 bits per heavy atom. The molecule has 16 heavy (non-hydrogen) atoms. The van der Waals surface area contributed by atoms with Crippen LogP contribution < -0.4 is 10.4 Å². The van der Waals surface area contributed by atoms with Crippen LogP contribution in [0.2, 0.25) is 0 Å². The average Bonchev–Trinajstić information content (AvgIpc) is 2.48. The fraction of sp³-hybridized carbons (Fsp3) is 0.818. The molecular weight excluding hydrogens is 210 g/mol. The molecule has 0 aliphatic heterocycles. The number of hydrogen-bond acceptors (Lipinski definition) is 4. The molecule has 1 N–H and O–H groups in total. The summed E-state index contributed by atoms with van der Waals surface area (Å²) >= 11 is 0. The van der Waals surface area contributed by atoms with E-state index in [0.29, 0.717) is 19.3 Å². The van der Waals surface area contributed by atoms with Crippen molar-refractivity contribution in [2.24, 2.45) is 5.92 Å². The van der Waals surface area contributed by atoms with E-state index in [0.717, 1.165) is 0 Å².